The van der Waals surface area contributed by atoms with E-state index in [0.29, 0.717) is 0 Å². The molecule has 0 aliphatic rings. The SMILES string of the molecule is CCC[Si](C)(CN)OCC. The van der Waals surface area contributed by atoms with Crippen LogP contribution in [-0.2, 0) is 4.43 Å². The average molecular weight is 161 g/mol. The first kappa shape index (κ1) is 10.1. The smallest absolute Gasteiger partial charge is 0.202 e. The maximum Gasteiger partial charge on any atom is 0.202 e. The second-order valence-electron chi connectivity index (χ2n) is 2.84. The Hall–Kier alpha value is 0.137. The third kappa shape index (κ3) is 3.34. The fourth-order valence-electron chi connectivity index (χ4n) is 1.11. The summed E-state index contributed by atoms with van der Waals surface area (Å²) in [7, 11) is -1.45. The zero-order valence-electron chi connectivity index (χ0n) is 7.31. The van der Waals surface area contributed by atoms with E-state index in [1.807, 2.05) is 6.92 Å². The minimum absolute atomic E-state index is 0.759. The predicted molar refractivity (Wildman–Crippen MR) is 47.4 cm³/mol. The summed E-state index contributed by atoms with van der Waals surface area (Å²) in [5.41, 5.74) is 5.62. The molecule has 0 aromatic carbocycles. The molecule has 0 radical (unpaired) electrons. The van der Waals surface area contributed by atoms with Crippen LogP contribution in [0.1, 0.15) is 20.3 Å². The summed E-state index contributed by atoms with van der Waals surface area (Å²) < 4.78 is 5.63. The van der Waals surface area contributed by atoms with Gasteiger partial charge in [0.2, 0.25) is 8.32 Å². The van der Waals surface area contributed by atoms with Gasteiger partial charge in [0.25, 0.3) is 0 Å². The van der Waals surface area contributed by atoms with Gasteiger partial charge in [0.15, 0.2) is 0 Å². The summed E-state index contributed by atoms with van der Waals surface area (Å²) in [6, 6.07) is 1.19. The quantitative estimate of drug-likeness (QED) is 0.620. The molecule has 2 nitrogen and oxygen atoms in total. The van der Waals surface area contributed by atoms with E-state index >= 15 is 0 Å². The monoisotopic (exact) mass is 161 g/mol. The molecule has 0 fully saturated rings. The van der Waals surface area contributed by atoms with Gasteiger partial charge in [0.1, 0.15) is 0 Å². The van der Waals surface area contributed by atoms with Crippen molar-refractivity contribution in [2.75, 3.05) is 12.8 Å². The lowest BCUT2D eigenvalue weighted by molar-refractivity contribution is 0.324. The van der Waals surface area contributed by atoms with Crippen molar-refractivity contribution in [2.45, 2.75) is 32.9 Å². The fourth-order valence-corrected chi connectivity index (χ4v) is 3.33. The topological polar surface area (TPSA) is 35.2 Å². The van der Waals surface area contributed by atoms with Gasteiger partial charge in [0, 0.05) is 12.8 Å². The first-order valence-electron chi connectivity index (χ1n) is 4.02. The fraction of sp³-hybridized carbons (Fsp3) is 1.00. The maximum absolute atomic E-state index is 5.63. The van der Waals surface area contributed by atoms with Crippen LogP contribution in [0.3, 0.4) is 0 Å². The number of nitrogens with two attached hydrogens (primary N) is 1. The molecule has 0 aliphatic carbocycles. The van der Waals surface area contributed by atoms with Crippen molar-refractivity contribution in [3.63, 3.8) is 0 Å². The molecular weight excluding hydrogens is 142 g/mol. The van der Waals surface area contributed by atoms with Gasteiger partial charge in [0.05, 0.1) is 0 Å². The van der Waals surface area contributed by atoms with Gasteiger partial charge in [-0.2, -0.15) is 0 Å². The molecule has 2 N–H and O–H groups in total. The van der Waals surface area contributed by atoms with E-state index in [0.717, 1.165) is 12.8 Å². The lowest BCUT2D eigenvalue weighted by atomic mass is 10.6. The van der Waals surface area contributed by atoms with Gasteiger partial charge in [-0.1, -0.05) is 13.3 Å². The van der Waals surface area contributed by atoms with E-state index in [1.165, 1.54) is 12.5 Å². The molecule has 0 bridgehead atoms. The molecule has 62 valence electrons. The molecule has 0 rings (SSSR count). The molecule has 0 amide bonds. The number of hydrogen-bond donors (Lipinski definition) is 1. The van der Waals surface area contributed by atoms with Crippen LogP contribution in [0.4, 0.5) is 0 Å². The predicted octanol–water partition coefficient (Wildman–Crippen LogP) is 1.51. The summed E-state index contributed by atoms with van der Waals surface area (Å²) in [5, 5.41) is 0. The van der Waals surface area contributed by atoms with E-state index in [2.05, 4.69) is 13.5 Å². The van der Waals surface area contributed by atoms with Gasteiger partial charge in [-0.15, -0.1) is 0 Å². The van der Waals surface area contributed by atoms with E-state index in [-0.39, 0.29) is 0 Å². The molecule has 0 aromatic heterocycles. The van der Waals surface area contributed by atoms with E-state index in [9.17, 15) is 0 Å². The second-order valence-corrected chi connectivity index (χ2v) is 6.93. The van der Waals surface area contributed by atoms with Crippen molar-refractivity contribution in [1.29, 1.82) is 0 Å². The summed E-state index contributed by atoms with van der Waals surface area (Å²) in [5.74, 6) is 0. The summed E-state index contributed by atoms with van der Waals surface area (Å²) in [6.07, 6.45) is 1.95. The van der Waals surface area contributed by atoms with Gasteiger partial charge in [-0.3, -0.25) is 0 Å². The minimum atomic E-state index is -1.45. The molecule has 1 atom stereocenters. The third-order valence-electron chi connectivity index (χ3n) is 1.70. The van der Waals surface area contributed by atoms with Gasteiger partial charge >= 0.3 is 0 Å². The minimum Gasteiger partial charge on any atom is -0.416 e. The standard InChI is InChI=1S/C7H19NOSi/c1-4-6-10(3,7-8)9-5-2/h4-8H2,1-3H3. The van der Waals surface area contributed by atoms with Gasteiger partial charge < -0.3 is 10.2 Å². The molecule has 3 heteroatoms. The Morgan fingerprint density at radius 2 is 2.00 bits per heavy atom. The Morgan fingerprint density at radius 3 is 2.30 bits per heavy atom. The zero-order valence-corrected chi connectivity index (χ0v) is 8.31. The van der Waals surface area contributed by atoms with E-state index in [1.54, 1.807) is 0 Å². The van der Waals surface area contributed by atoms with Crippen LogP contribution in [0, 0.1) is 0 Å². The van der Waals surface area contributed by atoms with Crippen LogP contribution in [0.15, 0.2) is 0 Å². The third-order valence-corrected chi connectivity index (χ3v) is 5.11. The Balaban J connectivity index is 3.69. The lowest BCUT2D eigenvalue weighted by Gasteiger charge is -2.24. The summed E-state index contributed by atoms with van der Waals surface area (Å²) >= 11 is 0. The highest BCUT2D eigenvalue weighted by atomic mass is 28.4. The van der Waals surface area contributed by atoms with Gasteiger partial charge in [-0.25, -0.2) is 0 Å². The highest BCUT2D eigenvalue weighted by Crippen LogP contribution is 2.11. The van der Waals surface area contributed by atoms with E-state index in [4.69, 9.17) is 10.2 Å². The largest absolute Gasteiger partial charge is 0.416 e. The van der Waals surface area contributed by atoms with Crippen LogP contribution < -0.4 is 5.73 Å². The molecule has 0 heterocycles. The van der Waals surface area contributed by atoms with Crippen molar-refractivity contribution in [1.82, 2.24) is 0 Å². The Kier molecular flexibility index (Phi) is 4.94. The van der Waals surface area contributed by atoms with E-state index < -0.39 is 8.32 Å². The normalized spacial score (nSPS) is 16.8. The first-order chi connectivity index (χ1) is 4.68. The van der Waals surface area contributed by atoms with Crippen molar-refractivity contribution >= 4 is 8.32 Å². The van der Waals surface area contributed by atoms with Crippen molar-refractivity contribution < 1.29 is 4.43 Å². The first-order valence-corrected chi connectivity index (χ1v) is 6.84. The maximum atomic E-state index is 5.63. The summed E-state index contributed by atoms with van der Waals surface area (Å²) in [6.45, 7) is 7.25. The van der Waals surface area contributed by atoms with Gasteiger partial charge in [-0.05, 0) is 19.5 Å². The van der Waals surface area contributed by atoms with Crippen LogP contribution in [0.25, 0.3) is 0 Å². The van der Waals surface area contributed by atoms with Crippen LogP contribution in [0.5, 0.6) is 0 Å². The molecule has 10 heavy (non-hydrogen) atoms. The lowest BCUT2D eigenvalue weighted by Crippen LogP contribution is -2.43. The summed E-state index contributed by atoms with van der Waals surface area (Å²) in [4.78, 5) is 0. The molecule has 0 aromatic rings. The number of hydrogen-bond acceptors (Lipinski definition) is 2. The highest BCUT2D eigenvalue weighted by molar-refractivity contribution is 6.72. The highest BCUT2D eigenvalue weighted by Gasteiger charge is 2.24. The zero-order chi connectivity index (χ0) is 8.04. The molecular formula is C7H19NOSi. The van der Waals surface area contributed by atoms with Crippen molar-refractivity contribution in [3.8, 4) is 0 Å². The van der Waals surface area contributed by atoms with Crippen LogP contribution in [-0.4, -0.2) is 21.1 Å². The van der Waals surface area contributed by atoms with Crippen molar-refractivity contribution in [2.24, 2.45) is 5.73 Å². The molecule has 0 aliphatic heterocycles. The molecule has 0 spiro atoms. The molecule has 0 saturated carbocycles. The molecule has 1 unspecified atom stereocenters. The Morgan fingerprint density at radius 1 is 1.40 bits per heavy atom. The second kappa shape index (κ2) is 4.88. The molecule has 0 saturated heterocycles. The Bertz CT molecular complexity index is 81.7. The Labute approximate surface area is 64.9 Å². The average Bonchev–Trinajstić information content (AvgIpc) is 1.89. The number of rotatable bonds is 5. The van der Waals surface area contributed by atoms with Crippen LogP contribution >= 0.6 is 0 Å². The van der Waals surface area contributed by atoms with Crippen LogP contribution in [0.2, 0.25) is 12.6 Å². The van der Waals surface area contributed by atoms with Crippen molar-refractivity contribution in [3.05, 3.63) is 0 Å².